The van der Waals surface area contributed by atoms with Crippen LogP contribution in [0.3, 0.4) is 0 Å². The van der Waals surface area contributed by atoms with Crippen molar-refractivity contribution >= 4 is 33.4 Å². The molecule has 0 N–H and O–H groups in total. The molecule has 0 unspecified atom stereocenters. The first-order chi connectivity index (χ1) is 6.20. The van der Waals surface area contributed by atoms with Crippen LogP contribution in [0.5, 0.6) is 0 Å². The summed E-state index contributed by atoms with van der Waals surface area (Å²) < 4.78 is 1.38. The molecule has 0 radical (unpaired) electrons. The molecule has 2 rings (SSSR count). The van der Waals surface area contributed by atoms with Crippen LogP contribution in [0.4, 0.5) is 0 Å². The van der Waals surface area contributed by atoms with E-state index in [2.05, 4.69) is 66.8 Å². The molecular weight excluding hydrogens is 271 g/mol. The van der Waals surface area contributed by atoms with Gasteiger partial charge in [0.1, 0.15) is 0 Å². The van der Waals surface area contributed by atoms with Crippen molar-refractivity contribution in [3.05, 3.63) is 45.0 Å². The second kappa shape index (κ2) is 3.29. The lowest BCUT2D eigenvalue weighted by Gasteiger charge is -2.07. The summed E-state index contributed by atoms with van der Waals surface area (Å²) in [6.07, 6.45) is 0. The van der Waals surface area contributed by atoms with E-state index in [0.717, 1.165) is 0 Å². The van der Waals surface area contributed by atoms with Gasteiger partial charge in [0.2, 0.25) is 0 Å². The van der Waals surface area contributed by atoms with Crippen molar-refractivity contribution in [3.63, 3.8) is 0 Å². The fourth-order valence-electron chi connectivity index (χ4n) is 1.54. The predicted molar refractivity (Wildman–Crippen MR) is 66.1 cm³/mol. The highest BCUT2D eigenvalue weighted by atomic mass is 127. The Labute approximate surface area is 92.1 Å². The van der Waals surface area contributed by atoms with Crippen LogP contribution in [0.1, 0.15) is 11.1 Å². The molecule has 0 aliphatic rings. The van der Waals surface area contributed by atoms with Crippen molar-refractivity contribution in [1.29, 1.82) is 0 Å². The third-order valence-electron chi connectivity index (χ3n) is 2.49. The maximum absolute atomic E-state index is 2.43. The third-order valence-corrected chi connectivity index (χ3v) is 3.88. The van der Waals surface area contributed by atoms with Gasteiger partial charge in [0.25, 0.3) is 0 Å². The van der Waals surface area contributed by atoms with E-state index < -0.39 is 0 Å². The quantitative estimate of drug-likeness (QED) is 0.639. The minimum atomic E-state index is 1.34. The summed E-state index contributed by atoms with van der Waals surface area (Å²) in [7, 11) is 0. The Hall–Kier alpha value is -0.570. The van der Waals surface area contributed by atoms with Gasteiger partial charge >= 0.3 is 0 Å². The largest absolute Gasteiger partial charge is 0.0616 e. The molecule has 0 nitrogen and oxygen atoms in total. The Bertz CT molecular complexity index is 458. The molecule has 0 spiro atoms. The van der Waals surface area contributed by atoms with E-state index in [4.69, 9.17) is 0 Å². The molecule has 0 fully saturated rings. The molecule has 0 aliphatic heterocycles. The molecule has 0 saturated carbocycles. The normalized spacial score (nSPS) is 10.7. The summed E-state index contributed by atoms with van der Waals surface area (Å²) in [6.45, 7) is 4.35. The lowest BCUT2D eigenvalue weighted by atomic mass is 10.0. The SMILES string of the molecule is Cc1cc2ccccc2c(I)c1C. The van der Waals surface area contributed by atoms with Gasteiger partial charge in [-0.15, -0.1) is 0 Å². The van der Waals surface area contributed by atoms with Gasteiger partial charge in [0.15, 0.2) is 0 Å². The minimum Gasteiger partial charge on any atom is -0.0616 e. The van der Waals surface area contributed by atoms with E-state index in [1.54, 1.807) is 0 Å². The van der Waals surface area contributed by atoms with Crippen LogP contribution in [0.2, 0.25) is 0 Å². The molecule has 2 aromatic carbocycles. The molecule has 66 valence electrons. The summed E-state index contributed by atoms with van der Waals surface area (Å²) in [4.78, 5) is 0. The van der Waals surface area contributed by atoms with E-state index in [0.29, 0.717) is 0 Å². The minimum absolute atomic E-state index is 1.34. The lowest BCUT2D eigenvalue weighted by Crippen LogP contribution is -1.87. The zero-order valence-electron chi connectivity index (χ0n) is 7.76. The van der Waals surface area contributed by atoms with Crippen LogP contribution >= 0.6 is 22.6 Å². The maximum atomic E-state index is 2.43. The highest BCUT2D eigenvalue weighted by molar-refractivity contribution is 14.1. The Balaban J connectivity index is 2.94. The van der Waals surface area contributed by atoms with Gasteiger partial charge in [-0.1, -0.05) is 30.3 Å². The average molecular weight is 282 g/mol. The zero-order valence-corrected chi connectivity index (χ0v) is 9.92. The highest BCUT2D eigenvalue weighted by Gasteiger charge is 2.03. The van der Waals surface area contributed by atoms with Crippen LogP contribution in [-0.2, 0) is 0 Å². The van der Waals surface area contributed by atoms with Crippen LogP contribution in [-0.4, -0.2) is 0 Å². The standard InChI is InChI=1S/C12H11I/c1-8-7-10-5-3-4-6-11(10)12(13)9(8)2/h3-7H,1-2H3. The first-order valence-electron chi connectivity index (χ1n) is 4.34. The van der Waals surface area contributed by atoms with E-state index in [1.165, 1.54) is 25.5 Å². The first-order valence-corrected chi connectivity index (χ1v) is 5.42. The number of hydrogen-bond acceptors (Lipinski definition) is 0. The van der Waals surface area contributed by atoms with E-state index in [-0.39, 0.29) is 0 Å². The Morgan fingerprint density at radius 2 is 1.77 bits per heavy atom. The molecule has 0 aliphatic carbocycles. The van der Waals surface area contributed by atoms with Gasteiger partial charge in [0.05, 0.1) is 0 Å². The van der Waals surface area contributed by atoms with Crippen molar-refractivity contribution in [3.8, 4) is 0 Å². The number of fused-ring (bicyclic) bond motifs is 1. The smallest absolute Gasteiger partial charge is 0.0240 e. The number of benzene rings is 2. The van der Waals surface area contributed by atoms with E-state index in [1.807, 2.05) is 0 Å². The summed E-state index contributed by atoms with van der Waals surface area (Å²) in [5, 5.41) is 2.71. The van der Waals surface area contributed by atoms with Crippen molar-refractivity contribution in [2.75, 3.05) is 0 Å². The lowest BCUT2D eigenvalue weighted by molar-refractivity contribution is 1.34. The molecule has 0 aromatic heterocycles. The fraction of sp³-hybridized carbons (Fsp3) is 0.167. The third kappa shape index (κ3) is 1.46. The molecule has 2 aromatic rings. The van der Waals surface area contributed by atoms with Crippen molar-refractivity contribution < 1.29 is 0 Å². The van der Waals surface area contributed by atoms with Gasteiger partial charge in [-0.25, -0.2) is 0 Å². The second-order valence-corrected chi connectivity index (χ2v) is 4.43. The molecule has 0 amide bonds. The molecule has 0 atom stereocenters. The molecule has 13 heavy (non-hydrogen) atoms. The van der Waals surface area contributed by atoms with E-state index in [9.17, 15) is 0 Å². The second-order valence-electron chi connectivity index (χ2n) is 3.35. The maximum Gasteiger partial charge on any atom is 0.0240 e. The Morgan fingerprint density at radius 3 is 2.54 bits per heavy atom. The number of rotatable bonds is 0. The van der Waals surface area contributed by atoms with Crippen LogP contribution < -0.4 is 0 Å². The fourth-order valence-corrected chi connectivity index (χ4v) is 2.46. The van der Waals surface area contributed by atoms with Gasteiger partial charge in [0, 0.05) is 3.57 Å². The molecule has 1 heteroatoms. The predicted octanol–water partition coefficient (Wildman–Crippen LogP) is 4.06. The monoisotopic (exact) mass is 282 g/mol. The molecule has 0 saturated heterocycles. The summed E-state index contributed by atoms with van der Waals surface area (Å²) >= 11 is 2.43. The highest BCUT2D eigenvalue weighted by Crippen LogP contribution is 2.26. The summed E-state index contributed by atoms with van der Waals surface area (Å²) in [5.74, 6) is 0. The summed E-state index contributed by atoms with van der Waals surface area (Å²) in [6, 6.07) is 10.8. The average Bonchev–Trinajstić information content (AvgIpc) is 2.15. The number of hydrogen-bond donors (Lipinski definition) is 0. The number of aryl methyl sites for hydroxylation is 1. The number of halogens is 1. The van der Waals surface area contributed by atoms with Gasteiger partial charge in [-0.05, 0) is 58.3 Å². The topological polar surface area (TPSA) is 0 Å². The van der Waals surface area contributed by atoms with Crippen molar-refractivity contribution in [2.24, 2.45) is 0 Å². The van der Waals surface area contributed by atoms with Gasteiger partial charge in [-0.3, -0.25) is 0 Å². The van der Waals surface area contributed by atoms with Gasteiger partial charge < -0.3 is 0 Å². The summed E-state index contributed by atoms with van der Waals surface area (Å²) in [5.41, 5.74) is 2.78. The molecular formula is C12H11I. The zero-order chi connectivity index (χ0) is 9.42. The molecule has 0 heterocycles. The van der Waals surface area contributed by atoms with Crippen molar-refractivity contribution in [1.82, 2.24) is 0 Å². The first kappa shape index (κ1) is 9.00. The Morgan fingerprint density at radius 1 is 1.08 bits per heavy atom. The van der Waals surface area contributed by atoms with Crippen molar-refractivity contribution in [2.45, 2.75) is 13.8 Å². The van der Waals surface area contributed by atoms with Crippen LogP contribution in [0.25, 0.3) is 10.8 Å². The van der Waals surface area contributed by atoms with Crippen LogP contribution in [0, 0.1) is 17.4 Å². The Kier molecular flexibility index (Phi) is 2.28. The molecule has 0 bridgehead atoms. The van der Waals surface area contributed by atoms with Crippen LogP contribution in [0.15, 0.2) is 30.3 Å². The van der Waals surface area contributed by atoms with Gasteiger partial charge in [-0.2, -0.15) is 0 Å². The van der Waals surface area contributed by atoms with E-state index >= 15 is 0 Å².